The van der Waals surface area contributed by atoms with Crippen LogP contribution >= 0.6 is 15.9 Å². The van der Waals surface area contributed by atoms with Gasteiger partial charge >= 0.3 is 0 Å². The van der Waals surface area contributed by atoms with Crippen molar-refractivity contribution in [3.05, 3.63) is 34.3 Å². The number of carbonyl (C=O) groups is 1. The van der Waals surface area contributed by atoms with Gasteiger partial charge in [0, 0.05) is 23.6 Å². The van der Waals surface area contributed by atoms with Crippen LogP contribution in [-0.4, -0.2) is 29.9 Å². The number of halogens is 1. The number of nitrogens with zero attached hydrogens (tertiary/aromatic N) is 1. The lowest BCUT2D eigenvalue weighted by Gasteiger charge is -2.32. The van der Waals surface area contributed by atoms with Gasteiger partial charge in [-0.15, -0.1) is 0 Å². The Morgan fingerprint density at radius 3 is 3.05 bits per heavy atom. The summed E-state index contributed by atoms with van der Waals surface area (Å²) in [5.41, 5.74) is 1.30. The van der Waals surface area contributed by atoms with Gasteiger partial charge in [-0.05, 0) is 50.4 Å². The Morgan fingerprint density at radius 1 is 1.50 bits per heavy atom. The van der Waals surface area contributed by atoms with E-state index >= 15 is 0 Å². The number of likely N-dealkylation sites (tertiary alicyclic amines) is 1. The van der Waals surface area contributed by atoms with E-state index in [1.165, 1.54) is 5.56 Å². The zero-order valence-electron chi connectivity index (χ0n) is 13.6. The van der Waals surface area contributed by atoms with Crippen molar-refractivity contribution in [3.8, 4) is 0 Å². The molecule has 3 nitrogen and oxygen atoms in total. The largest absolute Gasteiger partial charge is 0.353 e. The van der Waals surface area contributed by atoms with Gasteiger partial charge in [0.15, 0.2) is 0 Å². The molecule has 2 atom stereocenters. The Morgan fingerprint density at radius 2 is 2.32 bits per heavy atom. The van der Waals surface area contributed by atoms with Crippen molar-refractivity contribution >= 4 is 21.8 Å². The average Bonchev–Trinajstić information content (AvgIpc) is 2.47. The number of hydrogen-bond acceptors (Lipinski definition) is 2. The first-order chi connectivity index (χ1) is 10.6. The second kappa shape index (κ2) is 8.68. The quantitative estimate of drug-likeness (QED) is 0.825. The van der Waals surface area contributed by atoms with E-state index in [4.69, 9.17) is 0 Å². The fourth-order valence-corrected chi connectivity index (χ4v) is 3.62. The summed E-state index contributed by atoms with van der Waals surface area (Å²) < 4.78 is 1.12. The van der Waals surface area contributed by atoms with Gasteiger partial charge < -0.3 is 5.32 Å². The van der Waals surface area contributed by atoms with Crippen LogP contribution in [0, 0.1) is 5.92 Å². The van der Waals surface area contributed by atoms with E-state index in [0.717, 1.165) is 49.8 Å². The van der Waals surface area contributed by atoms with Gasteiger partial charge in [-0.25, -0.2) is 0 Å². The number of carbonyl (C=O) groups excluding carboxylic acids is 1. The molecular weight excluding hydrogens is 340 g/mol. The third-order valence-corrected chi connectivity index (χ3v) is 4.78. The van der Waals surface area contributed by atoms with Crippen LogP contribution in [0.25, 0.3) is 0 Å². The molecule has 1 aromatic carbocycles. The van der Waals surface area contributed by atoms with Crippen LogP contribution in [0.4, 0.5) is 0 Å². The summed E-state index contributed by atoms with van der Waals surface area (Å²) in [6.07, 6.45) is 4.29. The molecule has 22 heavy (non-hydrogen) atoms. The normalized spacial score (nSPS) is 20.6. The summed E-state index contributed by atoms with van der Waals surface area (Å²) in [6.45, 7) is 7.14. The lowest BCUT2D eigenvalue weighted by molar-refractivity contribution is -0.127. The molecular formula is C18H27BrN2O. The number of piperidine rings is 1. The van der Waals surface area contributed by atoms with Crippen LogP contribution < -0.4 is 5.32 Å². The molecule has 122 valence electrons. The first-order valence-corrected chi connectivity index (χ1v) is 9.15. The van der Waals surface area contributed by atoms with Gasteiger partial charge in [-0.1, -0.05) is 41.4 Å². The number of hydrogen-bond donors (Lipinski definition) is 1. The minimum atomic E-state index is 0.139. The minimum Gasteiger partial charge on any atom is -0.353 e. The zero-order valence-corrected chi connectivity index (χ0v) is 15.2. The van der Waals surface area contributed by atoms with Crippen molar-refractivity contribution < 1.29 is 4.79 Å². The first-order valence-electron chi connectivity index (χ1n) is 8.35. The second-order valence-corrected chi connectivity index (χ2v) is 7.32. The van der Waals surface area contributed by atoms with E-state index in [-0.39, 0.29) is 17.9 Å². The van der Waals surface area contributed by atoms with Crippen molar-refractivity contribution in [2.45, 2.75) is 52.1 Å². The highest BCUT2D eigenvalue weighted by Gasteiger charge is 2.26. The van der Waals surface area contributed by atoms with Gasteiger partial charge in [0.2, 0.25) is 5.91 Å². The maximum atomic E-state index is 12.4. The number of amides is 1. The minimum absolute atomic E-state index is 0.139. The molecule has 0 saturated carbocycles. The molecule has 1 amide bonds. The molecule has 0 aliphatic carbocycles. The van der Waals surface area contributed by atoms with Crippen molar-refractivity contribution in [2.24, 2.45) is 5.92 Å². The molecule has 2 rings (SSSR count). The maximum Gasteiger partial charge on any atom is 0.224 e. The summed E-state index contributed by atoms with van der Waals surface area (Å²) in [5.74, 6) is 0.375. The SMILES string of the molecule is CCCC(C)NC(=O)C1CCCN(Cc2cccc(Br)c2)C1. The number of nitrogens with one attached hydrogen (secondary N) is 1. The molecule has 1 heterocycles. The Kier molecular flexibility index (Phi) is 6.90. The van der Waals surface area contributed by atoms with Gasteiger partial charge in [0.05, 0.1) is 5.92 Å². The van der Waals surface area contributed by atoms with E-state index in [1.807, 2.05) is 6.07 Å². The summed E-state index contributed by atoms with van der Waals surface area (Å²) in [5, 5.41) is 3.17. The Labute approximate surface area is 142 Å². The molecule has 1 aliphatic rings. The lowest BCUT2D eigenvalue weighted by atomic mass is 9.96. The van der Waals surface area contributed by atoms with Crippen LogP contribution in [0.3, 0.4) is 0 Å². The van der Waals surface area contributed by atoms with E-state index in [9.17, 15) is 4.79 Å². The predicted octanol–water partition coefficient (Wildman–Crippen LogP) is 3.97. The van der Waals surface area contributed by atoms with Gasteiger partial charge in [0.1, 0.15) is 0 Å². The summed E-state index contributed by atoms with van der Waals surface area (Å²) in [6, 6.07) is 8.72. The third-order valence-electron chi connectivity index (χ3n) is 4.28. The molecule has 1 aliphatic heterocycles. The van der Waals surface area contributed by atoms with Gasteiger partial charge in [-0.3, -0.25) is 9.69 Å². The van der Waals surface area contributed by atoms with E-state index in [1.54, 1.807) is 0 Å². The zero-order chi connectivity index (χ0) is 15.9. The molecule has 1 saturated heterocycles. The van der Waals surface area contributed by atoms with Crippen LogP contribution in [-0.2, 0) is 11.3 Å². The van der Waals surface area contributed by atoms with Crippen molar-refractivity contribution in [3.63, 3.8) is 0 Å². The molecule has 1 fully saturated rings. The molecule has 0 aromatic heterocycles. The molecule has 0 spiro atoms. The van der Waals surface area contributed by atoms with E-state index in [0.29, 0.717) is 0 Å². The van der Waals surface area contributed by atoms with Crippen LogP contribution in [0.15, 0.2) is 28.7 Å². The highest BCUT2D eigenvalue weighted by atomic mass is 79.9. The second-order valence-electron chi connectivity index (χ2n) is 6.40. The molecule has 0 bridgehead atoms. The topological polar surface area (TPSA) is 32.3 Å². The van der Waals surface area contributed by atoms with Gasteiger partial charge in [0.25, 0.3) is 0 Å². The fourth-order valence-electron chi connectivity index (χ4n) is 3.17. The van der Waals surface area contributed by atoms with Crippen LogP contribution in [0.1, 0.15) is 45.1 Å². The lowest BCUT2D eigenvalue weighted by Crippen LogP contribution is -2.45. The van der Waals surface area contributed by atoms with Crippen LogP contribution in [0.2, 0.25) is 0 Å². The highest BCUT2D eigenvalue weighted by molar-refractivity contribution is 9.10. The number of benzene rings is 1. The number of rotatable bonds is 6. The first kappa shape index (κ1) is 17.5. The Hall–Kier alpha value is -0.870. The van der Waals surface area contributed by atoms with Crippen molar-refractivity contribution in [1.29, 1.82) is 0 Å². The highest BCUT2D eigenvalue weighted by Crippen LogP contribution is 2.20. The summed E-state index contributed by atoms with van der Waals surface area (Å²) >= 11 is 3.52. The van der Waals surface area contributed by atoms with Crippen molar-refractivity contribution in [1.82, 2.24) is 10.2 Å². The molecule has 1 aromatic rings. The summed E-state index contributed by atoms with van der Waals surface area (Å²) in [4.78, 5) is 14.8. The van der Waals surface area contributed by atoms with E-state index < -0.39 is 0 Å². The summed E-state index contributed by atoms with van der Waals surface area (Å²) in [7, 11) is 0. The van der Waals surface area contributed by atoms with Crippen molar-refractivity contribution in [2.75, 3.05) is 13.1 Å². The standard InChI is InChI=1S/C18H27BrN2O/c1-3-6-14(2)20-18(22)16-8-5-10-21(13-16)12-15-7-4-9-17(19)11-15/h4,7,9,11,14,16H,3,5-6,8,10,12-13H2,1-2H3,(H,20,22). The van der Waals surface area contributed by atoms with Gasteiger partial charge in [-0.2, -0.15) is 0 Å². The fraction of sp³-hybridized carbons (Fsp3) is 0.611. The maximum absolute atomic E-state index is 12.4. The Balaban J connectivity index is 1.87. The Bertz CT molecular complexity index is 492. The molecule has 1 N–H and O–H groups in total. The molecule has 4 heteroatoms. The average molecular weight is 367 g/mol. The van der Waals surface area contributed by atoms with E-state index in [2.05, 4.69) is 58.2 Å². The smallest absolute Gasteiger partial charge is 0.224 e. The monoisotopic (exact) mass is 366 g/mol. The van der Waals surface area contributed by atoms with Crippen LogP contribution in [0.5, 0.6) is 0 Å². The molecule has 2 unspecified atom stereocenters. The predicted molar refractivity (Wildman–Crippen MR) is 94.7 cm³/mol. The molecule has 0 radical (unpaired) electrons. The third kappa shape index (κ3) is 5.40.